The molecule has 0 spiro atoms. The highest BCUT2D eigenvalue weighted by Crippen LogP contribution is 2.22. The predicted octanol–water partition coefficient (Wildman–Crippen LogP) is 1.52. The van der Waals surface area contributed by atoms with E-state index < -0.39 is 0 Å². The summed E-state index contributed by atoms with van der Waals surface area (Å²) >= 11 is 0. The van der Waals surface area contributed by atoms with E-state index in [1.807, 2.05) is 30.3 Å². The molecule has 1 aliphatic heterocycles. The molecule has 2 N–H and O–H groups in total. The van der Waals surface area contributed by atoms with Crippen molar-refractivity contribution in [1.29, 1.82) is 0 Å². The minimum absolute atomic E-state index is 0.0908. The lowest BCUT2D eigenvalue weighted by Gasteiger charge is -2.22. The second-order valence-electron chi connectivity index (χ2n) is 5.04. The van der Waals surface area contributed by atoms with E-state index in [-0.39, 0.29) is 17.9 Å². The maximum absolute atomic E-state index is 12.6. The van der Waals surface area contributed by atoms with Crippen molar-refractivity contribution >= 4 is 22.7 Å². The number of fused-ring (bicyclic) bond motifs is 1. The Morgan fingerprint density at radius 1 is 1.35 bits per heavy atom. The first kappa shape index (κ1) is 12.7. The largest absolute Gasteiger partial charge is 0.357 e. The molecule has 1 unspecified atom stereocenters. The number of nitrogens with zero attached hydrogens (tertiary/aromatic N) is 1. The van der Waals surface area contributed by atoms with Crippen LogP contribution in [0.4, 0.5) is 0 Å². The number of rotatable bonds is 2. The Kier molecular flexibility index (Phi) is 3.18. The Balaban J connectivity index is 1.89. The number of hydrogen-bond acceptors (Lipinski definition) is 2. The number of likely N-dealkylation sites (tertiary alicyclic amines) is 1. The normalized spacial score (nSPS) is 18.4. The van der Waals surface area contributed by atoms with Crippen molar-refractivity contribution in [2.75, 3.05) is 13.6 Å². The van der Waals surface area contributed by atoms with Crippen LogP contribution in [0.15, 0.2) is 30.3 Å². The molecule has 0 saturated carbocycles. The van der Waals surface area contributed by atoms with Crippen LogP contribution in [0.5, 0.6) is 0 Å². The first-order valence-electron chi connectivity index (χ1n) is 6.81. The van der Waals surface area contributed by atoms with E-state index in [1.165, 1.54) is 0 Å². The summed E-state index contributed by atoms with van der Waals surface area (Å²) in [5, 5.41) is 3.63. The third-order valence-electron chi connectivity index (χ3n) is 3.82. The lowest BCUT2D eigenvalue weighted by molar-refractivity contribution is -0.124. The van der Waals surface area contributed by atoms with E-state index in [2.05, 4.69) is 10.3 Å². The van der Waals surface area contributed by atoms with Gasteiger partial charge in [-0.25, -0.2) is 0 Å². The van der Waals surface area contributed by atoms with Crippen molar-refractivity contribution in [3.05, 3.63) is 36.0 Å². The fourth-order valence-electron chi connectivity index (χ4n) is 2.79. The van der Waals surface area contributed by atoms with Crippen LogP contribution in [0.3, 0.4) is 0 Å². The number of likely N-dealkylation sites (N-methyl/N-ethyl adjacent to an activating group) is 1. The SMILES string of the molecule is CNC(=O)C1CCCN1C(=O)c1cc2ccccc2[nH]1. The molecular weight excluding hydrogens is 254 g/mol. The van der Waals surface area contributed by atoms with Crippen molar-refractivity contribution in [3.63, 3.8) is 0 Å². The number of nitrogens with one attached hydrogen (secondary N) is 2. The molecule has 5 heteroatoms. The molecule has 0 bridgehead atoms. The summed E-state index contributed by atoms with van der Waals surface area (Å²) in [6.45, 7) is 0.631. The number of aromatic amines is 1. The number of amides is 2. The number of H-pyrrole nitrogens is 1. The van der Waals surface area contributed by atoms with Crippen molar-refractivity contribution in [3.8, 4) is 0 Å². The molecule has 1 saturated heterocycles. The Hall–Kier alpha value is -2.30. The number of carbonyl (C=O) groups is 2. The van der Waals surface area contributed by atoms with Gasteiger partial charge in [0.15, 0.2) is 0 Å². The zero-order valence-corrected chi connectivity index (χ0v) is 11.3. The highest BCUT2D eigenvalue weighted by molar-refractivity contribution is 6.00. The molecule has 2 heterocycles. The number of carbonyl (C=O) groups excluding carboxylic acids is 2. The standard InChI is InChI=1S/C15H17N3O2/c1-16-14(19)13-7-4-8-18(13)15(20)12-9-10-5-2-3-6-11(10)17-12/h2-3,5-6,9,13,17H,4,7-8H2,1H3,(H,16,19). The third kappa shape index (κ3) is 2.05. The molecule has 1 aromatic carbocycles. The van der Waals surface area contributed by atoms with Gasteiger partial charge in [0.25, 0.3) is 5.91 Å². The topological polar surface area (TPSA) is 65.2 Å². The van der Waals surface area contributed by atoms with Gasteiger partial charge in [0.05, 0.1) is 0 Å². The molecule has 3 rings (SSSR count). The van der Waals surface area contributed by atoms with Crippen LogP contribution in [0.25, 0.3) is 10.9 Å². The second-order valence-corrected chi connectivity index (χ2v) is 5.04. The fraction of sp³-hybridized carbons (Fsp3) is 0.333. The summed E-state index contributed by atoms with van der Waals surface area (Å²) in [4.78, 5) is 29.2. The van der Waals surface area contributed by atoms with E-state index in [1.54, 1.807) is 11.9 Å². The molecule has 0 radical (unpaired) electrons. The van der Waals surface area contributed by atoms with Crippen LogP contribution in [0.1, 0.15) is 23.3 Å². The Morgan fingerprint density at radius 2 is 2.15 bits per heavy atom. The summed E-state index contributed by atoms with van der Waals surface area (Å²) in [7, 11) is 1.60. The van der Waals surface area contributed by atoms with E-state index in [0.717, 1.165) is 23.7 Å². The second kappa shape index (κ2) is 5.00. The predicted molar refractivity (Wildman–Crippen MR) is 76.4 cm³/mol. The van der Waals surface area contributed by atoms with Crippen LogP contribution >= 0.6 is 0 Å². The van der Waals surface area contributed by atoms with Gasteiger partial charge in [0, 0.05) is 24.5 Å². The van der Waals surface area contributed by atoms with Gasteiger partial charge in [-0.1, -0.05) is 18.2 Å². The summed E-state index contributed by atoms with van der Waals surface area (Å²) in [5.41, 5.74) is 1.48. The highest BCUT2D eigenvalue weighted by Gasteiger charge is 2.34. The van der Waals surface area contributed by atoms with E-state index in [9.17, 15) is 9.59 Å². The minimum Gasteiger partial charge on any atom is -0.357 e. The Bertz CT molecular complexity index is 629. The van der Waals surface area contributed by atoms with Crippen molar-refractivity contribution < 1.29 is 9.59 Å². The maximum atomic E-state index is 12.6. The first-order valence-corrected chi connectivity index (χ1v) is 6.81. The van der Waals surface area contributed by atoms with Crippen LogP contribution in [0.2, 0.25) is 0 Å². The molecule has 1 fully saturated rings. The molecule has 0 aliphatic carbocycles. The van der Waals surface area contributed by atoms with Gasteiger partial charge in [-0.2, -0.15) is 0 Å². The number of benzene rings is 1. The van der Waals surface area contributed by atoms with Crippen molar-refractivity contribution in [2.24, 2.45) is 0 Å². The summed E-state index contributed by atoms with van der Waals surface area (Å²) in [5.74, 6) is -0.195. The smallest absolute Gasteiger partial charge is 0.270 e. The monoisotopic (exact) mass is 271 g/mol. The van der Waals surface area contributed by atoms with Gasteiger partial charge < -0.3 is 15.2 Å². The average Bonchev–Trinajstić information content (AvgIpc) is 3.11. The number of hydrogen-bond donors (Lipinski definition) is 2. The molecule has 2 amide bonds. The van der Waals surface area contributed by atoms with E-state index in [4.69, 9.17) is 0 Å². The van der Waals surface area contributed by atoms with Crippen LogP contribution in [-0.2, 0) is 4.79 Å². The fourth-order valence-corrected chi connectivity index (χ4v) is 2.79. The van der Waals surface area contributed by atoms with E-state index >= 15 is 0 Å². The van der Waals surface area contributed by atoms with Crippen LogP contribution in [-0.4, -0.2) is 41.3 Å². The average molecular weight is 271 g/mol. The molecule has 20 heavy (non-hydrogen) atoms. The third-order valence-corrected chi connectivity index (χ3v) is 3.82. The van der Waals surface area contributed by atoms with Crippen molar-refractivity contribution in [1.82, 2.24) is 15.2 Å². The first-order chi connectivity index (χ1) is 9.70. The van der Waals surface area contributed by atoms with Crippen LogP contribution < -0.4 is 5.32 Å². The Morgan fingerprint density at radius 3 is 2.90 bits per heavy atom. The van der Waals surface area contributed by atoms with Gasteiger partial charge >= 0.3 is 0 Å². The van der Waals surface area contributed by atoms with Gasteiger partial charge in [0.2, 0.25) is 5.91 Å². The Labute approximate surface area is 117 Å². The lowest BCUT2D eigenvalue weighted by Crippen LogP contribution is -2.45. The summed E-state index contributed by atoms with van der Waals surface area (Å²) in [6.07, 6.45) is 1.59. The molecule has 1 aromatic heterocycles. The summed E-state index contributed by atoms with van der Waals surface area (Å²) in [6, 6.07) is 9.26. The number of aromatic nitrogens is 1. The van der Waals surface area contributed by atoms with Crippen molar-refractivity contribution in [2.45, 2.75) is 18.9 Å². The van der Waals surface area contributed by atoms with Gasteiger partial charge in [-0.05, 0) is 25.0 Å². The minimum atomic E-state index is -0.348. The maximum Gasteiger partial charge on any atom is 0.270 e. The molecular formula is C15H17N3O2. The molecule has 1 atom stereocenters. The zero-order valence-electron chi connectivity index (χ0n) is 11.3. The highest BCUT2D eigenvalue weighted by atomic mass is 16.2. The van der Waals surface area contributed by atoms with Gasteiger partial charge in [-0.3, -0.25) is 9.59 Å². The molecule has 1 aliphatic rings. The van der Waals surface area contributed by atoms with Gasteiger partial charge in [0.1, 0.15) is 11.7 Å². The van der Waals surface area contributed by atoms with Gasteiger partial charge in [-0.15, -0.1) is 0 Å². The zero-order chi connectivity index (χ0) is 14.1. The molecule has 5 nitrogen and oxygen atoms in total. The van der Waals surface area contributed by atoms with E-state index in [0.29, 0.717) is 12.2 Å². The quantitative estimate of drug-likeness (QED) is 0.869. The lowest BCUT2D eigenvalue weighted by atomic mass is 10.2. The number of para-hydroxylation sites is 1. The molecule has 104 valence electrons. The van der Waals surface area contributed by atoms with Crippen LogP contribution in [0, 0.1) is 0 Å². The molecule has 2 aromatic rings. The summed E-state index contributed by atoms with van der Waals surface area (Å²) < 4.78 is 0.